The monoisotopic (exact) mass is 219 g/mol. The SMILES string of the molecule is OC1CCCc2cn(Cc3ncon3)cc21. The summed E-state index contributed by atoms with van der Waals surface area (Å²) in [7, 11) is 0. The first-order valence-corrected chi connectivity index (χ1v) is 5.45. The lowest BCUT2D eigenvalue weighted by molar-refractivity contribution is 0.157. The lowest BCUT2D eigenvalue weighted by Gasteiger charge is -2.16. The van der Waals surface area contributed by atoms with Gasteiger partial charge >= 0.3 is 0 Å². The maximum atomic E-state index is 9.84. The molecule has 1 unspecified atom stereocenters. The van der Waals surface area contributed by atoms with Crippen LogP contribution in [0.2, 0.25) is 0 Å². The maximum Gasteiger partial charge on any atom is 0.213 e. The number of aliphatic hydroxyl groups is 1. The summed E-state index contributed by atoms with van der Waals surface area (Å²) in [4.78, 5) is 3.98. The molecule has 0 aliphatic heterocycles. The Balaban J connectivity index is 1.87. The Labute approximate surface area is 92.7 Å². The molecule has 0 bridgehead atoms. The molecule has 1 atom stereocenters. The molecule has 2 aromatic heterocycles. The number of rotatable bonds is 2. The van der Waals surface area contributed by atoms with Gasteiger partial charge in [0.1, 0.15) is 0 Å². The third-order valence-corrected chi connectivity index (χ3v) is 3.01. The van der Waals surface area contributed by atoms with Crippen LogP contribution in [-0.4, -0.2) is 19.8 Å². The third kappa shape index (κ3) is 1.63. The zero-order chi connectivity index (χ0) is 11.0. The van der Waals surface area contributed by atoms with Crippen molar-refractivity contribution in [3.05, 3.63) is 35.7 Å². The molecule has 0 fully saturated rings. The molecule has 0 amide bonds. The van der Waals surface area contributed by atoms with Crippen molar-refractivity contribution in [1.29, 1.82) is 0 Å². The Morgan fingerprint density at radius 3 is 3.19 bits per heavy atom. The van der Waals surface area contributed by atoms with Crippen LogP contribution in [0.3, 0.4) is 0 Å². The van der Waals surface area contributed by atoms with E-state index in [1.807, 2.05) is 10.8 Å². The van der Waals surface area contributed by atoms with Crippen molar-refractivity contribution in [2.75, 3.05) is 0 Å². The van der Waals surface area contributed by atoms with Crippen LogP contribution in [0.4, 0.5) is 0 Å². The first kappa shape index (κ1) is 9.59. The summed E-state index contributed by atoms with van der Waals surface area (Å²) in [5, 5.41) is 13.6. The average molecular weight is 219 g/mol. The van der Waals surface area contributed by atoms with Gasteiger partial charge in [-0.25, -0.2) is 0 Å². The number of fused-ring (bicyclic) bond motifs is 1. The van der Waals surface area contributed by atoms with Gasteiger partial charge in [-0.3, -0.25) is 0 Å². The van der Waals surface area contributed by atoms with Crippen molar-refractivity contribution in [3.8, 4) is 0 Å². The van der Waals surface area contributed by atoms with Gasteiger partial charge in [0.25, 0.3) is 0 Å². The molecule has 0 spiro atoms. The van der Waals surface area contributed by atoms with Gasteiger partial charge in [0, 0.05) is 18.0 Å². The molecule has 0 saturated heterocycles. The van der Waals surface area contributed by atoms with Crippen LogP contribution in [0.15, 0.2) is 23.3 Å². The van der Waals surface area contributed by atoms with E-state index in [1.54, 1.807) is 0 Å². The Bertz CT molecular complexity index is 475. The van der Waals surface area contributed by atoms with Crippen molar-refractivity contribution in [3.63, 3.8) is 0 Å². The maximum absolute atomic E-state index is 9.84. The van der Waals surface area contributed by atoms with Crippen LogP contribution < -0.4 is 0 Å². The Kier molecular flexibility index (Phi) is 2.25. The van der Waals surface area contributed by atoms with E-state index in [9.17, 15) is 5.11 Å². The largest absolute Gasteiger partial charge is 0.388 e. The second kappa shape index (κ2) is 3.75. The molecule has 16 heavy (non-hydrogen) atoms. The first-order valence-electron chi connectivity index (χ1n) is 5.45. The minimum absolute atomic E-state index is 0.310. The van der Waals surface area contributed by atoms with E-state index < -0.39 is 0 Å². The summed E-state index contributed by atoms with van der Waals surface area (Å²) in [6.07, 6.45) is 8.03. The average Bonchev–Trinajstić information content (AvgIpc) is 2.88. The molecule has 0 saturated carbocycles. The van der Waals surface area contributed by atoms with Crippen LogP contribution in [0.5, 0.6) is 0 Å². The van der Waals surface area contributed by atoms with E-state index in [1.165, 1.54) is 12.0 Å². The van der Waals surface area contributed by atoms with Crippen LogP contribution in [0.25, 0.3) is 0 Å². The molecule has 2 heterocycles. The number of aliphatic hydroxyl groups excluding tert-OH is 1. The Hall–Kier alpha value is -1.62. The predicted octanol–water partition coefficient (Wildman–Crippen LogP) is 1.29. The number of aromatic nitrogens is 3. The molecule has 5 heteroatoms. The minimum Gasteiger partial charge on any atom is -0.388 e. The van der Waals surface area contributed by atoms with E-state index in [-0.39, 0.29) is 6.10 Å². The van der Waals surface area contributed by atoms with Crippen molar-refractivity contribution in [2.24, 2.45) is 0 Å². The second-order valence-electron chi connectivity index (χ2n) is 4.17. The van der Waals surface area contributed by atoms with Gasteiger partial charge in [-0.1, -0.05) is 5.16 Å². The van der Waals surface area contributed by atoms with Gasteiger partial charge in [0.05, 0.1) is 12.6 Å². The van der Waals surface area contributed by atoms with Crippen LogP contribution >= 0.6 is 0 Å². The highest BCUT2D eigenvalue weighted by molar-refractivity contribution is 5.29. The Morgan fingerprint density at radius 1 is 1.50 bits per heavy atom. The first-order chi connectivity index (χ1) is 7.83. The Morgan fingerprint density at radius 2 is 2.44 bits per heavy atom. The van der Waals surface area contributed by atoms with E-state index in [2.05, 4.69) is 20.9 Å². The lowest BCUT2D eigenvalue weighted by Crippen LogP contribution is -2.05. The van der Waals surface area contributed by atoms with Crippen molar-refractivity contribution >= 4 is 0 Å². The van der Waals surface area contributed by atoms with Crippen LogP contribution in [0, 0.1) is 0 Å². The smallest absolute Gasteiger partial charge is 0.213 e. The topological polar surface area (TPSA) is 64.1 Å². The second-order valence-corrected chi connectivity index (χ2v) is 4.17. The summed E-state index contributed by atoms with van der Waals surface area (Å²) in [6, 6.07) is 0. The van der Waals surface area contributed by atoms with E-state index in [0.29, 0.717) is 12.4 Å². The zero-order valence-corrected chi connectivity index (χ0v) is 8.83. The molecule has 1 N–H and O–H groups in total. The van der Waals surface area contributed by atoms with Crippen LogP contribution in [0.1, 0.15) is 35.9 Å². The molecule has 84 valence electrons. The highest BCUT2D eigenvalue weighted by Gasteiger charge is 2.19. The van der Waals surface area contributed by atoms with Gasteiger partial charge in [-0.15, -0.1) is 0 Å². The lowest BCUT2D eigenvalue weighted by atomic mass is 9.93. The summed E-state index contributed by atoms with van der Waals surface area (Å²) >= 11 is 0. The summed E-state index contributed by atoms with van der Waals surface area (Å²) in [6.45, 7) is 0.593. The van der Waals surface area contributed by atoms with Crippen molar-refractivity contribution in [1.82, 2.24) is 14.7 Å². The summed E-state index contributed by atoms with van der Waals surface area (Å²) < 4.78 is 6.69. The molecule has 5 nitrogen and oxygen atoms in total. The van der Waals surface area contributed by atoms with Gasteiger partial charge in [-0.05, 0) is 24.8 Å². The molecule has 0 aromatic carbocycles. The highest BCUT2D eigenvalue weighted by atomic mass is 16.5. The molecular formula is C11H13N3O2. The van der Waals surface area contributed by atoms with Gasteiger partial charge in [0.2, 0.25) is 6.39 Å². The summed E-state index contributed by atoms with van der Waals surface area (Å²) in [5.74, 6) is 0.654. The fourth-order valence-corrected chi connectivity index (χ4v) is 2.24. The quantitative estimate of drug-likeness (QED) is 0.826. The van der Waals surface area contributed by atoms with E-state index >= 15 is 0 Å². The zero-order valence-electron chi connectivity index (χ0n) is 8.83. The number of aryl methyl sites for hydroxylation is 1. The number of hydrogen-bond acceptors (Lipinski definition) is 4. The number of nitrogens with zero attached hydrogens (tertiary/aromatic N) is 3. The molecule has 0 radical (unpaired) electrons. The van der Waals surface area contributed by atoms with Crippen LogP contribution in [-0.2, 0) is 13.0 Å². The minimum atomic E-state index is -0.310. The van der Waals surface area contributed by atoms with Gasteiger partial charge < -0.3 is 14.2 Å². The van der Waals surface area contributed by atoms with Crippen molar-refractivity contribution in [2.45, 2.75) is 31.9 Å². The van der Waals surface area contributed by atoms with Crippen molar-refractivity contribution < 1.29 is 9.63 Å². The molecule has 2 aromatic rings. The van der Waals surface area contributed by atoms with E-state index in [0.717, 1.165) is 24.8 Å². The van der Waals surface area contributed by atoms with Gasteiger partial charge in [-0.2, -0.15) is 4.98 Å². The fraction of sp³-hybridized carbons (Fsp3) is 0.455. The van der Waals surface area contributed by atoms with E-state index in [4.69, 9.17) is 0 Å². The highest BCUT2D eigenvalue weighted by Crippen LogP contribution is 2.30. The third-order valence-electron chi connectivity index (χ3n) is 3.01. The standard InChI is InChI=1S/C11H13N3O2/c15-10-3-1-2-8-4-14(5-9(8)10)6-11-12-7-16-13-11/h4-5,7,10,15H,1-3,6H2. The molecule has 1 aliphatic rings. The number of hydrogen-bond donors (Lipinski definition) is 1. The fourth-order valence-electron chi connectivity index (χ4n) is 2.24. The molecule has 3 rings (SSSR count). The normalized spacial score (nSPS) is 19.7. The summed E-state index contributed by atoms with van der Waals surface area (Å²) in [5.41, 5.74) is 2.29. The molecular weight excluding hydrogens is 206 g/mol. The molecule has 1 aliphatic carbocycles. The predicted molar refractivity (Wildman–Crippen MR) is 55.7 cm³/mol. The van der Waals surface area contributed by atoms with Gasteiger partial charge in [0.15, 0.2) is 5.82 Å².